The van der Waals surface area contributed by atoms with Gasteiger partial charge >= 0.3 is 0 Å². The molecule has 2 aromatic rings. The van der Waals surface area contributed by atoms with Crippen LogP contribution >= 0.6 is 0 Å². The predicted molar refractivity (Wildman–Crippen MR) is 96.6 cm³/mol. The molecule has 23 heavy (non-hydrogen) atoms. The molecule has 0 saturated carbocycles. The Balaban J connectivity index is 1.89. The van der Waals surface area contributed by atoms with Crippen LogP contribution in [-0.2, 0) is 6.54 Å². The first-order chi connectivity index (χ1) is 11.0. The largest absolute Gasteiger partial charge is 0.322 e. The number of H-pyrrole nitrogens is 1. The first kappa shape index (κ1) is 16.3. The molecule has 0 spiro atoms. The maximum atomic E-state index is 12.5. The van der Waals surface area contributed by atoms with Crippen LogP contribution in [-0.4, -0.2) is 22.5 Å². The summed E-state index contributed by atoms with van der Waals surface area (Å²) in [4.78, 5) is 18.0. The van der Waals surface area contributed by atoms with Gasteiger partial charge in [0.15, 0.2) is 0 Å². The van der Waals surface area contributed by atoms with Gasteiger partial charge < -0.3 is 4.98 Å². The number of aromatic amines is 1. The maximum absolute atomic E-state index is 12.5. The molecule has 1 saturated heterocycles. The third kappa shape index (κ3) is 3.66. The second-order valence-corrected chi connectivity index (χ2v) is 7.46. The van der Waals surface area contributed by atoms with Crippen molar-refractivity contribution < 1.29 is 0 Å². The Hall–Kier alpha value is -1.61. The lowest BCUT2D eigenvalue weighted by atomic mass is 9.95. The third-order valence-electron chi connectivity index (χ3n) is 5.31. The van der Waals surface area contributed by atoms with Crippen LogP contribution in [0.1, 0.15) is 45.6 Å². The number of aromatic nitrogens is 1. The van der Waals surface area contributed by atoms with Crippen molar-refractivity contribution >= 4 is 10.9 Å². The average molecular weight is 312 g/mol. The second kappa shape index (κ2) is 6.88. The van der Waals surface area contributed by atoms with E-state index in [0.717, 1.165) is 35.5 Å². The van der Waals surface area contributed by atoms with Gasteiger partial charge in [-0.3, -0.25) is 9.69 Å². The molecule has 3 heteroatoms. The van der Waals surface area contributed by atoms with Crippen molar-refractivity contribution in [2.75, 3.05) is 6.54 Å². The topological polar surface area (TPSA) is 36.1 Å². The molecule has 1 aliphatic rings. The summed E-state index contributed by atoms with van der Waals surface area (Å²) in [6, 6.07) is 10.7. The number of nitrogens with zero attached hydrogens (tertiary/aromatic N) is 1. The lowest BCUT2D eigenvalue weighted by molar-refractivity contribution is 0.148. The minimum atomic E-state index is 0.0588. The minimum absolute atomic E-state index is 0.0588. The Morgan fingerprint density at radius 3 is 2.78 bits per heavy atom. The summed E-state index contributed by atoms with van der Waals surface area (Å²) in [5, 5.41) is 1.12. The fraction of sp³-hybridized carbons (Fsp3) is 0.550. The molecule has 3 nitrogen and oxygen atoms in total. The maximum Gasteiger partial charge on any atom is 0.252 e. The molecule has 1 aromatic heterocycles. The molecule has 2 heterocycles. The molecule has 124 valence electrons. The Bertz CT molecular complexity index is 719. The number of hydrogen-bond acceptors (Lipinski definition) is 2. The summed E-state index contributed by atoms with van der Waals surface area (Å²) in [5.74, 6) is 1.41. The second-order valence-electron chi connectivity index (χ2n) is 7.46. The van der Waals surface area contributed by atoms with E-state index in [-0.39, 0.29) is 5.56 Å². The highest BCUT2D eigenvalue weighted by Gasteiger charge is 2.26. The van der Waals surface area contributed by atoms with Crippen LogP contribution in [0.5, 0.6) is 0 Å². The van der Waals surface area contributed by atoms with Gasteiger partial charge in [0.25, 0.3) is 5.56 Å². The highest BCUT2D eigenvalue weighted by molar-refractivity contribution is 5.78. The lowest BCUT2D eigenvalue weighted by Crippen LogP contribution is -2.39. The van der Waals surface area contributed by atoms with Crippen molar-refractivity contribution in [1.82, 2.24) is 9.88 Å². The Morgan fingerprint density at radius 2 is 2.00 bits per heavy atom. The van der Waals surface area contributed by atoms with Gasteiger partial charge in [0.05, 0.1) is 0 Å². The number of rotatable bonds is 3. The van der Waals surface area contributed by atoms with E-state index in [2.05, 4.69) is 42.8 Å². The summed E-state index contributed by atoms with van der Waals surface area (Å²) in [5.41, 5.74) is 1.87. The number of likely N-dealkylation sites (tertiary alicyclic amines) is 1. The molecular weight excluding hydrogens is 284 g/mol. The zero-order chi connectivity index (χ0) is 16.4. The standard InChI is InChI=1S/C20H28N2O/c1-14(2)19-9-8-15(3)10-11-22(19)13-17-12-16-6-4-5-7-18(16)21-20(17)23/h4-7,12,14-15,19H,8-11,13H2,1-3H3,(H,21,23). The Morgan fingerprint density at radius 1 is 1.22 bits per heavy atom. The fourth-order valence-electron chi connectivity index (χ4n) is 3.81. The molecular formula is C20H28N2O. The summed E-state index contributed by atoms with van der Waals surface area (Å²) in [6.07, 6.45) is 3.77. The van der Waals surface area contributed by atoms with Crippen molar-refractivity contribution in [3.8, 4) is 0 Å². The van der Waals surface area contributed by atoms with Gasteiger partial charge in [-0.25, -0.2) is 0 Å². The Kier molecular flexibility index (Phi) is 4.86. The molecule has 1 N–H and O–H groups in total. The number of benzene rings is 1. The molecule has 3 rings (SSSR count). The van der Waals surface area contributed by atoms with E-state index in [9.17, 15) is 4.79 Å². The van der Waals surface area contributed by atoms with Crippen LogP contribution in [0.15, 0.2) is 35.1 Å². The molecule has 1 fully saturated rings. The number of fused-ring (bicyclic) bond motifs is 1. The van der Waals surface area contributed by atoms with Gasteiger partial charge in [-0.2, -0.15) is 0 Å². The zero-order valence-electron chi connectivity index (χ0n) is 14.5. The van der Waals surface area contributed by atoms with Gasteiger partial charge in [0, 0.05) is 23.7 Å². The van der Waals surface area contributed by atoms with Gasteiger partial charge in [-0.05, 0) is 55.2 Å². The lowest BCUT2D eigenvalue weighted by Gasteiger charge is -2.32. The van der Waals surface area contributed by atoms with Crippen LogP contribution in [0.4, 0.5) is 0 Å². The molecule has 1 aliphatic heterocycles. The van der Waals surface area contributed by atoms with Crippen molar-refractivity contribution in [1.29, 1.82) is 0 Å². The van der Waals surface area contributed by atoms with Crippen LogP contribution < -0.4 is 5.56 Å². The molecule has 2 atom stereocenters. The van der Waals surface area contributed by atoms with Crippen molar-refractivity contribution in [3.05, 3.63) is 46.2 Å². The van der Waals surface area contributed by atoms with E-state index < -0.39 is 0 Å². The summed E-state index contributed by atoms with van der Waals surface area (Å²) < 4.78 is 0. The number of para-hydroxylation sites is 1. The molecule has 2 unspecified atom stereocenters. The zero-order valence-corrected chi connectivity index (χ0v) is 14.5. The van der Waals surface area contributed by atoms with Gasteiger partial charge in [0.2, 0.25) is 0 Å². The van der Waals surface area contributed by atoms with Gasteiger partial charge in [-0.15, -0.1) is 0 Å². The summed E-state index contributed by atoms with van der Waals surface area (Å²) in [6.45, 7) is 8.81. The first-order valence-electron chi connectivity index (χ1n) is 8.89. The average Bonchev–Trinajstić information content (AvgIpc) is 2.70. The van der Waals surface area contributed by atoms with Crippen LogP contribution in [0.25, 0.3) is 10.9 Å². The molecule has 1 aromatic carbocycles. The van der Waals surface area contributed by atoms with E-state index in [0.29, 0.717) is 12.0 Å². The van der Waals surface area contributed by atoms with Crippen LogP contribution in [0.2, 0.25) is 0 Å². The van der Waals surface area contributed by atoms with Gasteiger partial charge in [0.1, 0.15) is 0 Å². The first-order valence-corrected chi connectivity index (χ1v) is 8.89. The quantitative estimate of drug-likeness (QED) is 0.923. The molecule has 0 amide bonds. The van der Waals surface area contributed by atoms with Crippen molar-refractivity contribution in [2.24, 2.45) is 11.8 Å². The molecule has 0 bridgehead atoms. The number of pyridine rings is 1. The summed E-state index contributed by atoms with van der Waals surface area (Å²) in [7, 11) is 0. The summed E-state index contributed by atoms with van der Waals surface area (Å²) >= 11 is 0. The Labute approximate surface area is 138 Å². The molecule has 0 radical (unpaired) electrons. The third-order valence-corrected chi connectivity index (χ3v) is 5.31. The smallest absolute Gasteiger partial charge is 0.252 e. The SMILES string of the molecule is CC1CCC(C(C)C)N(Cc2cc3ccccc3[nH]c2=O)CC1. The highest BCUT2D eigenvalue weighted by atomic mass is 16.1. The van der Waals surface area contributed by atoms with Crippen molar-refractivity contribution in [3.63, 3.8) is 0 Å². The van der Waals surface area contributed by atoms with Crippen molar-refractivity contribution in [2.45, 2.75) is 52.6 Å². The van der Waals surface area contributed by atoms with Crippen LogP contribution in [0.3, 0.4) is 0 Å². The van der Waals surface area contributed by atoms with E-state index in [1.165, 1.54) is 19.3 Å². The molecule has 0 aliphatic carbocycles. The fourth-order valence-corrected chi connectivity index (χ4v) is 3.81. The van der Waals surface area contributed by atoms with E-state index >= 15 is 0 Å². The number of hydrogen-bond donors (Lipinski definition) is 1. The van der Waals surface area contributed by atoms with Gasteiger partial charge in [-0.1, -0.05) is 39.0 Å². The van der Waals surface area contributed by atoms with Crippen LogP contribution in [0, 0.1) is 11.8 Å². The number of nitrogens with one attached hydrogen (secondary N) is 1. The van der Waals surface area contributed by atoms with E-state index in [1.807, 2.05) is 18.2 Å². The minimum Gasteiger partial charge on any atom is -0.322 e. The highest BCUT2D eigenvalue weighted by Crippen LogP contribution is 2.27. The monoisotopic (exact) mass is 312 g/mol. The van der Waals surface area contributed by atoms with E-state index in [1.54, 1.807) is 0 Å². The predicted octanol–water partition coefficient (Wildman–Crippen LogP) is 4.17. The van der Waals surface area contributed by atoms with E-state index in [4.69, 9.17) is 0 Å². The normalized spacial score (nSPS) is 23.3.